The number of benzene rings is 1. The Bertz CT molecular complexity index is 545. The SMILES string of the molecule is C[Si](Cl)(Cl)CCCOC(=O)c1ccc(C(=O)OCCC[Si](C)(Cl)Cl)cc1. The average Bonchev–Trinajstić information content (AvgIpc) is 2.53. The first kappa shape index (κ1) is 23.8. The Kier molecular flexibility index (Phi) is 10.00. The predicted octanol–water partition coefficient (Wildman–Crippen LogP) is 5.88. The van der Waals surface area contributed by atoms with Crippen molar-refractivity contribution < 1.29 is 19.1 Å². The standard InChI is InChI=1S/C16H22Cl4O4Si2/c1-25(17,18)11-3-9-23-15(21)13-5-7-14(8-6-13)16(22)24-10-4-12-26(2,19)20/h5-8H,3-4,9-12H2,1-2H3. The third kappa shape index (κ3) is 10.8. The predicted molar refractivity (Wildman–Crippen MR) is 113 cm³/mol. The van der Waals surface area contributed by atoms with Crippen LogP contribution in [0.5, 0.6) is 0 Å². The number of carbonyl (C=O) groups excluding carboxylic acids is 2. The summed E-state index contributed by atoms with van der Waals surface area (Å²) in [5.41, 5.74) is 0.730. The molecule has 0 aliphatic heterocycles. The fourth-order valence-corrected chi connectivity index (χ4v) is 5.14. The second kappa shape index (κ2) is 10.9. The number of hydrogen-bond acceptors (Lipinski definition) is 4. The monoisotopic (exact) mass is 474 g/mol. The fraction of sp³-hybridized carbons (Fsp3) is 0.500. The maximum Gasteiger partial charge on any atom is 0.338 e. The van der Waals surface area contributed by atoms with E-state index in [1.807, 2.05) is 13.1 Å². The third-order valence-corrected chi connectivity index (χ3v) is 8.07. The zero-order valence-corrected chi connectivity index (χ0v) is 19.7. The van der Waals surface area contributed by atoms with Crippen LogP contribution in [-0.4, -0.2) is 38.5 Å². The van der Waals surface area contributed by atoms with Gasteiger partial charge in [0.1, 0.15) is 0 Å². The van der Waals surface area contributed by atoms with E-state index in [-0.39, 0.29) is 13.2 Å². The van der Waals surface area contributed by atoms with Gasteiger partial charge in [-0.1, -0.05) is 0 Å². The molecule has 0 saturated heterocycles. The molecule has 1 aromatic rings. The van der Waals surface area contributed by atoms with Crippen LogP contribution in [0.3, 0.4) is 0 Å². The molecule has 0 aromatic heterocycles. The molecule has 0 bridgehead atoms. The molecule has 146 valence electrons. The highest BCUT2D eigenvalue weighted by molar-refractivity contribution is 7.45. The van der Waals surface area contributed by atoms with Crippen molar-refractivity contribution in [3.05, 3.63) is 35.4 Å². The Labute approximate surface area is 174 Å². The molecule has 0 fully saturated rings. The van der Waals surface area contributed by atoms with Crippen LogP contribution in [0.15, 0.2) is 24.3 Å². The van der Waals surface area contributed by atoms with E-state index in [2.05, 4.69) is 0 Å². The van der Waals surface area contributed by atoms with E-state index in [0.717, 1.165) is 0 Å². The molecule has 0 saturated carbocycles. The van der Waals surface area contributed by atoms with Crippen molar-refractivity contribution in [3.8, 4) is 0 Å². The molecule has 0 spiro atoms. The molecule has 0 atom stereocenters. The maximum atomic E-state index is 11.9. The molecule has 0 amide bonds. The van der Waals surface area contributed by atoms with Crippen LogP contribution >= 0.6 is 44.3 Å². The fourth-order valence-electron chi connectivity index (χ4n) is 2.00. The highest BCUT2D eigenvalue weighted by Gasteiger charge is 2.21. The van der Waals surface area contributed by atoms with E-state index in [9.17, 15) is 9.59 Å². The van der Waals surface area contributed by atoms with Crippen LogP contribution in [0.2, 0.25) is 25.2 Å². The van der Waals surface area contributed by atoms with Crippen molar-refractivity contribution >= 4 is 69.6 Å². The van der Waals surface area contributed by atoms with Crippen LogP contribution in [0.4, 0.5) is 0 Å². The molecule has 1 rings (SSSR count). The van der Waals surface area contributed by atoms with Crippen LogP contribution in [0.1, 0.15) is 33.6 Å². The van der Waals surface area contributed by atoms with Crippen molar-refractivity contribution in [2.75, 3.05) is 13.2 Å². The zero-order chi connectivity index (χ0) is 19.8. The zero-order valence-electron chi connectivity index (χ0n) is 14.7. The Hall–Kier alpha value is -0.246. The molecule has 0 radical (unpaired) electrons. The van der Waals surface area contributed by atoms with Gasteiger partial charge in [-0.15, -0.1) is 44.3 Å². The molecule has 0 heterocycles. The molecule has 0 aliphatic rings. The van der Waals surface area contributed by atoms with Crippen molar-refractivity contribution in [2.24, 2.45) is 0 Å². The van der Waals surface area contributed by atoms with E-state index < -0.39 is 25.3 Å². The summed E-state index contributed by atoms with van der Waals surface area (Å²) in [6.45, 7) is -0.170. The Morgan fingerprint density at radius 1 is 0.769 bits per heavy atom. The summed E-state index contributed by atoms with van der Waals surface area (Å²) in [6.07, 6.45) is 1.25. The highest BCUT2D eigenvalue weighted by Crippen LogP contribution is 2.22. The molecule has 0 unspecified atom stereocenters. The molecular formula is C16H22Cl4O4Si2. The first-order valence-corrected chi connectivity index (χ1v) is 17.6. The Morgan fingerprint density at radius 2 is 1.08 bits per heavy atom. The first-order chi connectivity index (χ1) is 12.0. The van der Waals surface area contributed by atoms with E-state index >= 15 is 0 Å². The lowest BCUT2D eigenvalue weighted by Crippen LogP contribution is -2.15. The van der Waals surface area contributed by atoms with Gasteiger partial charge in [0, 0.05) is 0 Å². The summed E-state index contributed by atoms with van der Waals surface area (Å²) >= 11 is 24.0. The van der Waals surface area contributed by atoms with Gasteiger partial charge in [-0.05, 0) is 62.3 Å². The number of hydrogen-bond donors (Lipinski definition) is 0. The molecule has 4 nitrogen and oxygen atoms in total. The summed E-state index contributed by atoms with van der Waals surface area (Å²) in [4.78, 5) is 23.9. The van der Waals surface area contributed by atoms with Gasteiger partial charge in [0.15, 0.2) is 0 Å². The van der Waals surface area contributed by atoms with Crippen LogP contribution in [0.25, 0.3) is 0 Å². The van der Waals surface area contributed by atoms with Crippen molar-refractivity contribution in [3.63, 3.8) is 0 Å². The number of halogens is 4. The van der Waals surface area contributed by atoms with Gasteiger partial charge in [0.25, 0.3) is 0 Å². The summed E-state index contributed by atoms with van der Waals surface area (Å²) in [5.74, 6) is -0.906. The van der Waals surface area contributed by atoms with Crippen LogP contribution in [-0.2, 0) is 9.47 Å². The minimum atomic E-state index is -2.16. The third-order valence-electron chi connectivity index (χ3n) is 3.34. The highest BCUT2D eigenvalue weighted by atomic mass is 35.7. The number of ether oxygens (including phenoxy) is 2. The summed E-state index contributed by atoms with van der Waals surface area (Å²) < 4.78 is 10.3. The minimum Gasteiger partial charge on any atom is -0.462 e. The first-order valence-electron chi connectivity index (χ1n) is 8.18. The lowest BCUT2D eigenvalue weighted by atomic mass is 10.1. The van der Waals surface area contributed by atoms with Gasteiger partial charge in [0.2, 0.25) is 13.4 Å². The van der Waals surface area contributed by atoms with Gasteiger partial charge >= 0.3 is 11.9 Å². The normalized spacial score (nSPS) is 11.9. The number of carbonyl (C=O) groups is 2. The van der Waals surface area contributed by atoms with Gasteiger partial charge in [-0.25, -0.2) is 9.59 Å². The van der Waals surface area contributed by atoms with E-state index in [1.165, 1.54) is 24.3 Å². The molecule has 1 aromatic carbocycles. The van der Waals surface area contributed by atoms with Crippen molar-refractivity contribution in [1.29, 1.82) is 0 Å². The summed E-state index contributed by atoms with van der Waals surface area (Å²) in [7, 11) is 0. The molecular weight excluding hydrogens is 454 g/mol. The largest absolute Gasteiger partial charge is 0.462 e. The molecule has 0 N–H and O–H groups in total. The van der Waals surface area contributed by atoms with Gasteiger partial charge in [0.05, 0.1) is 24.3 Å². The lowest BCUT2D eigenvalue weighted by molar-refractivity contribution is 0.0490. The van der Waals surface area contributed by atoms with Crippen LogP contribution < -0.4 is 0 Å². The lowest BCUT2D eigenvalue weighted by Gasteiger charge is -2.11. The van der Waals surface area contributed by atoms with Crippen molar-refractivity contribution in [2.45, 2.75) is 38.0 Å². The topological polar surface area (TPSA) is 52.6 Å². The van der Waals surface area contributed by atoms with Crippen LogP contribution in [0, 0.1) is 0 Å². The summed E-state index contributed by atoms with van der Waals surface area (Å²) in [6, 6.07) is 7.43. The molecule has 0 aliphatic carbocycles. The van der Waals surface area contributed by atoms with Gasteiger partial charge < -0.3 is 9.47 Å². The number of esters is 2. The second-order valence-electron chi connectivity index (χ2n) is 6.20. The van der Waals surface area contributed by atoms with E-state index in [0.29, 0.717) is 36.1 Å². The summed E-state index contributed by atoms with van der Waals surface area (Å²) in [5, 5.41) is 0. The van der Waals surface area contributed by atoms with E-state index in [4.69, 9.17) is 53.8 Å². The molecule has 26 heavy (non-hydrogen) atoms. The second-order valence-corrected chi connectivity index (χ2v) is 22.6. The quantitative estimate of drug-likeness (QED) is 0.183. The van der Waals surface area contributed by atoms with Gasteiger partial charge in [-0.2, -0.15) is 0 Å². The van der Waals surface area contributed by atoms with Crippen molar-refractivity contribution in [1.82, 2.24) is 0 Å². The number of rotatable bonds is 10. The Balaban J connectivity index is 2.39. The minimum absolute atomic E-state index is 0.258. The average molecular weight is 476 g/mol. The van der Waals surface area contributed by atoms with E-state index in [1.54, 1.807) is 0 Å². The Morgan fingerprint density at radius 3 is 1.35 bits per heavy atom. The maximum absolute atomic E-state index is 11.9. The molecule has 10 heteroatoms. The van der Waals surface area contributed by atoms with Gasteiger partial charge in [-0.3, -0.25) is 0 Å². The smallest absolute Gasteiger partial charge is 0.338 e.